The predicted octanol–water partition coefficient (Wildman–Crippen LogP) is 3.85. The first-order valence-corrected chi connectivity index (χ1v) is 9.37. The lowest BCUT2D eigenvalue weighted by Crippen LogP contribution is -2.44. The van der Waals surface area contributed by atoms with Crippen molar-refractivity contribution in [2.24, 2.45) is 5.73 Å². The first-order valence-electron chi connectivity index (χ1n) is 9.37. The molecule has 1 aliphatic rings. The average Bonchev–Trinajstić information content (AvgIpc) is 2.66. The summed E-state index contributed by atoms with van der Waals surface area (Å²) in [6.07, 6.45) is 1.93. The Labute approximate surface area is 156 Å². The summed E-state index contributed by atoms with van der Waals surface area (Å²) < 4.78 is 11.0. The van der Waals surface area contributed by atoms with Gasteiger partial charge in [0.1, 0.15) is 0 Å². The number of rotatable bonds is 6. The topological polar surface area (TPSA) is 47.7 Å². The second-order valence-electron chi connectivity index (χ2n) is 7.13. The molecule has 2 aromatic rings. The third-order valence-corrected chi connectivity index (χ3v) is 5.37. The van der Waals surface area contributed by atoms with Gasteiger partial charge in [-0.05, 0) is 48.6 Å². The first kappa shape index (κ1) is 18.7. The molecular weight excluding hydrogens is 324 g/mol. The Hall–Kier alpha value is -2.04. The standard InChI is InChI=1S/C22H30N2O2/c1-5-19(23)22-18-13-21(26-4)20(25-3)12-17(18)9-10-24(22)14-16-8-6-7-15(2)11-16/h6-8,11-13,19,22H,5,9-10,14,23H2,1-4H3. The van der Waals surface area contributed by atoms with Gasteiger partial charge in [0.15, 0.2) is 11.5 Å². The van der Waals surface area contributed by atoms with Crippen LogP contribution in [0.4, 0.5) is 0 Å². The molecule has 4 heteroatoms. The van der Waals surface area contributed by atoms with Gasteiger partial charge >= 0.3 is 0 Å². The second kappa shape index (κ2) is 8.11. The third kappa shape index (κ3) is 3.71. The van der Waals surface area contributed by atoms with Crippen LogP contribution >= 0.6 is 0 Å². The average molecular weight is 354 g/mol. The van der Waals surface area contributed by atoms with Crippen molar-refractivity contribution >= 4 is 0 Å². The molecule has 0 aliphatic carbocycles. The molecule has 2 unspecified atom stereocenters. The molecule has 2 aromatic carbocycles. The number of hydrogen-bond acceptors (Lipinski definition) is 4. The Bertz CT molecular complexity index is 760. The molecule has 2 atom stereocenters. The number of nitrogens with two attached hydrogens (primary N) is 1. The predicted molar refractivity (Wildman–Crippen MR) is 106 cm³/mol. The Morgan fingerprint density at radius 1 is 1.15 bits per heavy atom. The van der Waals surface area contributed by atoms with Crippen LogP contribution in [0.2, 0.25) is 0 Å². The van der Waals surface area contributed by atoms with Crippen LogP contribution in [0.3, 0.4) is 0 Å². The summed E-state index contributed by atoms with van der Waals surface area (Å²) in [5, 5.41) is 0. The Morgan fingerprint density at radius 3 is 2.54 bits per heavy atom. The number of nitrogens with zero attached hydrogens (tertiary/aromatic N) is 1. The molecule has 1 heterocycles. The summed E-state index contributed by atoms with van der Waals surface area (Å²) in [6, 6.07) is 13.2. The van der Waals surface area contributed by atoms with E-state index in [9.17, 15) is 0 Å². The van der Waals surface area contributed by atoms with Crippen molar-refractivity contribution in [3.05, 3.63) is 58.7 Å². The molecule has 0 saturated heterocycles. The molecular formula is C22H30N2O2. The molecule has 0 amide bonds. The zero-order chi connectivity index (χ0) is 18.7. The van der Waals surface area contributed by atoms with E-state index in [-0.39, 0.29) is 12.1 Å². The molecule has 0 spiro atoms. The fraction of sp³-hybridized carbons (Fsp3) is 0.455. The lowest BCUT2D eigenvalue weighted by atomic mass is 9.86. The van der Waals surface area contributed by atoms with Crippen LogP contribution in [-0.2, 0) is 13.0 Å². The van der Waals surface area contributed by atoms with E-state index in [0.29, 0.717) is 0 Å². The maximum atomic E-state index is 6.58. The quantitative estimate of drug-likeness (QED) is 0.856. The fourth-order valence-corrected chi connectivity index (χ4v) is 3.98. The van der Waals surface area contributed by atoms with E-state index in [4.69, 9.17) is 15.2 Å². The molecule has 3 rings (SSSR count). The van der Waals surface area contributed by atoms with Gasteiger partial charge in [-0.2, -0.15) is 0 Å². The highest BCUT2D eigenvalue weighted by Crippen LogP contribution is 2.40. The summed E-state index contributed by atoms with van der Waals surface area (Å²) in [4.78, 5) is 2.51. The summed E-state index contributed by atoms with van der Waals surface area (Å²) >= 11 is 0. The second-order valence-corrected chi connectivity index (χ2v) is 7.13. The minimum absolute atomic E-state index is 0.0805. The lowest BCUT2D eigenvalue weighted by molar-refractivity contribution is 0.148. The summed E-state index contributed by atoms with van der Waals surface area (Å²) in [5.41, 5.74) is 11.8. The van der Waals surface area contributed by atoms with Crippen molar-refractivity contribution in [2.75, 3.05) is 20.8 Å². The van der Waals surface area contributed by atoms with Crippen molar-refractivity contribution in [1.29, 1.82) is 0 Å². The Kier molecular flexibility index (Phi) is 5.84. The van der Waals surface area contributed by atoms with Crippen LogP contribution in [0, 0.1) is 6.92 Å². The van der Waals surface area contributed by atoms with Gasteiger partial charge in [-0.1, -0.05) is 36.8 Å². The van der Waals surface area contributed by atoms with E-state index >= 15 is 0 Å². The van der Waals surface area contributed by atoms with E-state index in [2.05, 4.69) is 55.1 Å². The monoisotopic (exact) mass is 354 g/mol. The van der Waals surface area contributed by atoms with Gasteiger partial charge in [-0.15, -0.1) is 0 Å². The number of ether oxygens (including phenoxy) is 2. The van der Waals surface area contributed by atoms with E-state index in [1.54, 1.807) is 14.2 Å². The zero-order valence-corrected chi connectivity index (χ0v) is 16.3. The maximum absolute atomic E-state index is 6.58. The van der Waals surface area contributed by atoms with Crippen LogP contribution in [0.1, 0.15) is 41.6 Å². The van der Waals surface area contributed by atoms with E-state index in [1.807, 2.05) is 0 Å². The van der Waals surface area contributed by atoms with E-state index < -0.39 is 0 Å². The smallest absolute Gasteiger partial charge is 0.161 e. The molecule has 4 nitrogen and oxygen atoms in total. The van der Waals surface area contributed by atoms with Crippen molar-refractivity contribution in [1.82, 2.24) is 4.90 Å². The summed E-state index contributed by atoms with van der Waals surface area (Å²) in [7, 11) is 3.37. The van der Waals surface area contributed by atoms with Gasteiger partial charge in [-0.25, -0.2) is 0 Å². The fourth-order valence-electron chi connectivity index (χ4n) is 3.98. The summed E-state index contributed by atoms with van der Waals surface area (Å²) in [5.74, 6) is 1.57. The van der Waals surface area contributed by atoms with Crippen molar-refractivity contribution in [2.45, 2.75) is 45.3 Å². The van der Waals surface area contributed by atoms with Crippen molar-refractivity contribution in [3.8, 4) is 11.5 Å². The molecule has 0 fully saturated rings. The number of benzene rings is 2. The molecule has 140 valence electrons. The Morgan fingerprint density at radius 2 is 1.88 bits per heavy atom. The highest BCUT2D eigenvalue weighted by molar-refractivity contribution is 5.50. The largest absolute Gasteiger partial charge is 0.493 e. The highest BCUT2D eigenvalue weighted by atomic mass is 16.5. The minimum atomic E-state index is 0.0805. The molecule has 0 radical (unpaired) electrons. The van der Waals surface area contributed by atoms with Gasteiger partial charge in [0.05, 0.1) is 20.3 Å². The summed E-state index contributed by atoms with van der Waals surface area (Å²) in [6.45, 7) is 6.20. The molecule has 2 N–H and O–H groups in total. The first-order chi connectivity index (χ1) is 12.6. The van der Waals surface area contributed by atoms with Crippen LogP contribution in [0.15, 0.2) is 36.4 Å². The zero-order valence-electron chi connectivity index (χ0n) is 16.3. The van der Waals surface area contributed by atoms with Gasteiger partial charge in [-0.3, -0.25) is 4.90 Å². The maximum Gasteiger partial charge on any atom is 0.161 e. The van der Waals surface area contributed by atoms with Crippen molar-refractivity contribution < 1.29 is 9.47 Å². The highest BCUT2D eigenvalue weighted by Gasteiger charge is 2.32. The van der Waals surface area contributed by atoms with Crippen molar-refractivity contribution in [3.63, 3.8) is 0 Å². The molecule has 0 saturated carbocycles. The molecule has 0 aromatic heterocycles. The number of fused-ring (bicyclic) bond motifs is 1. The third-order valence-electron chi connectivity index (χ3n) is 5.37. The van der Waals surface area contributed by atoms with Gasteiger partial charge in [0.2, 0.25) is 0 Å². The Balaban J connectivity index is 1.98. The number of aryl methyl sites for hydroxylation is 1. The van der Waals surface area contributed by atoms with Crippen LogP contribution in [0.5, 0.6) is 11.5 Å². The normalized spacial score (nSPS) is 18.3. The number of hydrogen-bond donors (Lipinski definition) is 1. The molecule has 26 heavy (non-hydrogen) atoms. The van der Waals surface area contributed by atoms with Gasteiger partial charge in [0.25, 0.3) is 0 Å². The van der Waals surface area contributed by atoms with E-state index in [1.165, 1.54) is 22.3 Å². The van der Waals surface area contributed by atoms with Crippen LogP contribution in [-0.4, -0.2) is 31.7 Å². The van der Waals surface area contributed by atoms with Gasteiger partial charge < -0.3 is 15.2 Å². The van der Waals surface area contributed by atoms with Crippen LogP contribution in [0.25, 0.3) is 0 Å². The lowest BCUT2D eigenvalue weighted by Gasteiger charge is -2.40. The van der Waals surface area contributed by atoms with E-state index in [0.717, 1.165) is 37.4 Å². The number of methoxy groups -OCH3 is 2. The van der Waals surface area contributed by atoms with Gasteiger partial charge in [0, 0.05) is 19.1 Å². The van der Waals surface area contributed by atoms with Crippen LogP contribution < -0.4 is 15.2 Å². The SMILES string of the molecule is CCC(N)C1c2cc(OC)c(OC)cc2CCN1Cc1cccc(C)c1. The minimum Gasteiger partial charge on any atom is -0.493 e. The molecule has 0 bridgehead atoms. The molecule has 1 aliphatic heterocycles.